The van der Waals surface area contributed by atoms with Crippen molar-refractivity contribution in [2.75, 3.05) is 26.8 Å². The van der Waals surface area contributed by atoms with Crippen LogP contribution in [0.25, 0.3) is 0 Å². The van der Waals surface area contributed by atoms with Gasteiger partial charge in [0, 0.05) is 21.8 Å². The van der Waals surface area contributed by atoms with Crippen molar-refractivity contribution in [3.05, 3.63) is 29.8 Å². The van der Waals surface area contributed by atoms with Crippen LogP contribution >= 0.6 is 0 Å². The molecule has 0 aliphatic rings. The molecule has 0 aromatic heterocycles. The van der Waals surface area contributed by atoms with Crippen molar-refractivity contribution >= 4 is 0 Å². The maximum absolute atomic E-state index is 9.44. The second-order valence-electron chi connectivity index (χ2n) is 3.73. The highest BCUT2D eigenvalue weighted by atomic mass is 16.5. The molecule has 4 heteroatoms. The van der Waals surface area contributed by atoms with E-state index in [1.54, 1.807) is 31.2 Å². The van der Waals surface area contributed by atoms with Gasteiger partial charge in [0.05, 0.1) is 23.0 Å². The van der Waals surface area contributed by atoms with Gasteiger partial charge >= 0.3 is 0 Å². The summed E-state index contributed by atoms with van der Waals surface area (Å²) in [5.74, 6) is 0.654. The number of aliphatic hydroxyl groups excluding tert-OH is 1. The molecule has 0 spiro atoms. The lowest BCUT2D eigenvalue weighted by molar-refractivity contribution is 0.105. The molecule has 0 heterocycles. The van der Waals surface area contributed by atoms with Gasteiger partial charge < -0.3 is 14.9 Å². The Morgan fingerprint density at radius 3 is 2.47 bits per heavy atom. The van der Waals surface area contributed by atoms with Crippen LogP contribution in [-0.4, -0.2) is 47.9 Å². The monoisotopic (exact) mass is 243 g/mol. The molecule has 4 nitrogen and oxygen atoms in total. The van der Waals surface area contributed by atoms with Crippen molar-refractivity contribution in [2.45, 2.75) is 19.5 Å². The average molecular weight is 243 g/mol. The fraction of sp³-hybridized carbons (Fsp3) is 0.538. The molecule has 1 rings (SSSR count). The number of ether oxygens (including phenoxy) is 1. The number of rotatable bonds is 7. The van der Waals surface area contributed by atoms with Crippen molar-refractivity contribution in [2.24, 2.45) is 0 Å². The minimum atomic E-state index is -3.05. The van der Waals surface area contributed by atoms with Crippen LogP contribution in [0.15, 0.2) is 24.3 Å². The van der Waals surface area contributed by atoms with Crippen molar-refractivity contribution in [3.8, 4) is 5.75 Å². The van der Waals surface area contributed by atoms with Gasteiger partial charge in [0.15, 0.2) is 0 Å². The minimum absolute atomic E-state index is 0.0405. The third-order valence-electron chi connectivity index (χ3n) is 2.50. The zero-order chi connectivity index (χ0) is 16.3. The van der Waals surface area contributed by atoms with Crippen molar-refractivity contribution in [1.29, 1.82) is 0 Å². The topological polar surface area (TPSA) is 52.9 Å². The third-order valence-corrected chi connectivity index (χ3v) is 2.50. The zero-order valence-corrected chi connectivity index (χ0v) is 10.1. The van der Waals surface area contributed by atoms with E-state index in [0.29, 0.717) is 11.3 Å². The van der Waals surface area contributed by atoms with Crippen LogP contribution in [0.3, 0.4) is 0 Å². The first kappa shape index (κ1) is 8.91. The van der Waals surface area contributed by atoms with Crippen molar-refractivity contribution < 1.29 is 20.4 Å². The maximum atomic E-state index is 9.44. The molecule has 0 amide bonds. The Kier molecular flexibility index (Phi) is 3.81. The Hall–Kier alpha value is -1.10. The summed E-state index contributed by atoms with van der Waals surface area (Å²) < 4.78 is 35.2. The lowest BCUT2D eigenvalue weighted by atomic mass is 10.2. The van der Waals surface area contributed by atoms with E-state index in [-0.39, 0.29) is 13.2 Å². The van der Waals surface area contributed by atoms with Crippen molar-refractivity contribution in [3.63, 3.8) is 0 Å². The fourth-order valence-corrected chi connectivity index (χ4v) is 1.40. The van der Waals surface area contributed by atoms with E-state index in [4.69, 9.17) is 10.2 Å². The van der Waals surface area contributed by atoms with Crippen LogP contribution in [0.1, 0.15) is 18.0 Å². The summed E-state index contributed by atoms with van der Waals surface area (Å²) in [4.78, 5) is 1.09. The standard InChI is InChI=1S/C13H21NO3/c1-11(10-16)14(7-8-15)9-12-3-5-13(17-2)6-4-12/h3-6,11,15-16H,7-10H2,1-2H3/t11-/m0/s1/i7D2,8D2. The Labute approximate surface area is 108 Å². The predicted octanol–water partition coefficient (Wildman–Crippen LogP) is 0.870. The molecule has 0 fully saturated rings. The van der Waals surface area contributed by atoms with Gasteiger partial charge in [0.2, 0.25) is 0 Å². The van der Waals surface area contributed by atoms with Crippen LogP contribution in [-0.2, 0) is 6.54 Å². The number of methoxy groups -OCH3 is 1. The highest BCUT2D eigenvalue weighted by molar-refractivity contribution is 5.27. The summed E-state index contributed by atoms with van der Waals surface area (Å²) in [6.07, 6.45) is 0. The van der Waals surface area contributed by atoms with Gasteiger partial charge in [0.25, 0.3) is 0 Å². The van der Waals surface area contributed by atoms with E-state index in [1.165, 1.54) is 7.11 Å². The summed E-state index contributed by atoms with van der Waals surface area (Å²) in [7, 11) is 1.54. The van der Waals surface area contributed by atoms with Crippen LogP contribution in [0.2, 0.25) is 0 Å². The molecule has 2 N–H and O–H groups in total. The van der Waals surface area contributed by atoms with E-state index in [1.807, 2.05) is 0 Å². The normalized spacial score (nSPS) is 17.9. The number of aliphatic hydroxyl groups is 2. The molecular formula is C13H21NO3. The van der Waals surface area contributed by atoms with Gasteiger partial charge in [-0.3, -0.25) is 4.90 Å². The van der Waals surface area contributed by atoms with Gasteiger partial charge in [0.1, 0.15) is 5.75 Å². The highest BCUT2D eigenvalue weighted by Gasteiger charge is 2.12. The van der Waals surface area contributed by atoms with E-state index in [9.17, 15) is 10.2 Å². The first-order valence-corrected chi connectivity index (χ1v) is 5.36. The van der Waals surface area contributed by atoms with Gasteiger partial charge in [-0.15, -0.1) is 0 Å². The molecule has 0 bridgehead atoms. The molecular weight excluding hydrogens is 218 g/mol. The molecule has 1 atom stereocenters. The summed E-state index contributed by atoms with van der Waals surface area (Å²) >= 11 is 0. The smallest absolute Gasteiger partial charge is 0.118 e. The quantitative estimate of drug-likeness (QED) is 0.746. The van der Waals surface area contributed by atoms with Gasteiger partial charge in [-0.2, -0.15) is 0 Å². The molecule has 1 aromatic carbocycles. The van der Waals surface area contributed by atoms with Crippen LogP contribution in [0, 0.1) is 0 Å². The van der Waals surface area contributed by atoms with E-state index >= 15 is 0 Å². The molecule has 0 saturated heterocycles. The zero-order valence-electron chi connectivity index (χ0n) is 14.1. The van der Waals surface area contributed by atoms with Crippen LogP contribution < -0.4 is 4.74 Å². The molecule has 0 unspecified atom stereocenters. The van der Waals surface area contributed by atoms with E-state index in [0.717, 1.165) is 4.90 Å². The molecule has 17 heavy (non-hydrogen) atoms. The van der Waals surface area contributed by atoms with Crippen molar-refractivity contribution in [1.82, 2.24) is 4.90 Å². The maximum Gasteiger partial charge on any atom is 0.118 e. The molecule has 0 saturated carbocycles. The number of nitrogens with zero attached hydrogens (tertiary/aromatic N) is 1. The van der Waals surface area contributed by atoms with Gasteiger partial charge in [-0.05, 0) is 24.6 Å². The second kappa shape index (κ2) is 7.27. The predicted molar refractivity (Wildman–Crippen MR) is 67.0 cm³/mol. The number of benzene rings is 1. The highest BCUT2D eigenvalue weighted by Crippen LogP contribution is 2.14. The number of hydrogen-bond donors (Lipinski definition) is 2. The van der Waals surface area contributed by atoms with Gasteiger partial charge in [-0.1, -0.05) is 12.1 Å². The Morgan fingerprint density at radius 2 is 2.00 bits per heavy atom. The first-order chi connectivity index (χ1) is 9.63. The average Bonchev–Trinajstić information content (AvgIpc) is 2.43. The summed E-state index contributed by atoms with van der Waals surface area (Å²) in [5, 5.41) is 18.7. The summed E-state index contributed by atoms with van der Waals surface area (Å²) in [5.41, 5.74) is 0.712. The third kappa shape index (κ3) is 4.34. The van der Waals surface area contributed by atoms with E-state index in [2.05, 4.69) is 0 Å². The lowest BCUT2D eigenvalue weighted by Gasteiger charge is -2.27. The molecule has 0 aliphatic carbocycles. The Bertz CT molecular complexity index is 448. The van der Waals surface area contributed by atoms with E-state index < -0.39 is 19.1 Å². The first-order valence-electron chi connectivity index (χ1n) is 7.36. The Balaban J connectivity index is 3.03. The van der Waals surface area contributed by atoms with Crippen LogP contribution in [0.4, 0.5) is 0 Å². The van der Waals surface area contributed by atoms with Crippen LogP contribution in [0.5, 0.6) is 5.75 Å². The lowest BCUT2D eigenvalue weighted by Crippen LogP contribution is -2.37. The molecule has 96 valence electrons. The fourth-order valence-electron chi connectivity index (χ4n) is 1.40. The van der Waals surface area contributed by atoms with Gasteiger partial charge in [-0.25, -0.2) is 0 Å². The molecule has 0 radical (unpaired) electrons. The second-order valence-corrected chi connectivity index (χ2v) is 3.73. The number of hydrogen-bond acceptors (Lipinski definition) is 4. The Morgan fingerprint density at radius 1 is 1.35 bits per heavy atom. The summed E-state index contributed by atoms with van der Waals surface area (Å²) in [6.45, 7) is -4.45. The SMILES string of the molecule is [2H]C([2H])(O)C([2H])([2H])N(Cc1ccc(OC)cc1)[C@@H](C)CO. The minimum Gasteiger partial charge on any atom is -0.497 e. The molecule has 0 aliphatic heterocycles. The molecule has 1 aromatic rings. The summed E-state index contributed by atoms with van der Waals surface area (Å²) in [6, 6.07) is 6.20. The largest absolute Gasteiger partial charge is 0.497 e.